The maximum atomic E-state index is 12.8. The summed E-state index contributed by atoms with van der Waals surface area (Å²) in [5, 5.41) is 9.14. The number of nitrogens with zero attached hydrogens (tertiary/aromatic N) is 4. The fourth-order valence-corrected chi connectivity index (χ4v) is 3.92. The molecule has 0 aliphatic carbocycles. The van der Waals surface area contributed by atoms with Crippen LogP contribution in [0.4, 0.5) is 6.01 Å². The maximum Gasteiger partial charge on any atom is 1.00 e. The van der Waals surface area contributed by atoms with Gasteiger partial charge in [-0.2, -0.15) is 0 Å². The van der Waals surface area contributed by atoms with Crippen LogP contribution in [-0.2, 0) is 4.57 Å². The number of nitrogen functional groups attached to an aromatic ring is 1. The molecule has 0 spiro atoms. The molecule has 4 aromatic rings. The van der Waals surface area contributed by atoms with Crippen molar-refractivity contribution >= 4 is 41.8 Å². The van der Waals surface area contributed by atoms with E-state index in [-0.39, 0.29) is 92.8 Å². The molecule has 0 saturated heterocycles. The minimum Gasteiger partial charge on any atom is -0.795 e. The smallest absolute Gasteiger partial charge is 0.795 e. The van der Waals surface area contributed by atoms with Crippen LogP contribution < -0.4 is 74.6 Å². The molecular weight excluding hydrogens is 427 g/mol. The number of para-hydroxylation sites is 1. The molecule has 0 bridgehead atoms. The number of aromatic nitrogens is 4. The minimum absolute atomic E-state index is 0. The number of carbonyl (C=O) groups excluding carboxylic acids is 1. The second-order valence-corrected chi connectivity index (χ2v) is 7.41. The summed E-state index contributed by atoms with van der Waals surface area (Å²) in [5.74, 6) is -0.471. The van der Waals surface area contributed by atoms with Crippen LogP contribution in [0.2, 0.25) is 0 Å². The Morgan fingerprint density at radius 2 is 1.93 bits per heavy atom. The zero-order valence-corrected chi connectivity index (χ0v) is 20.4. The van der Waals surface area contributed by atoms with Crippen LogP contribution in [0.15, 0.2) is 40.3 Å². The van der Waals surface area contributed by atoms with Gasteiger partial charge in [-0.05, 0) is 6.07 Å². The van der Waals surface area contributed by atoms with E-state index in [2.05, 4.69) is 15.2 Å². The summed E-state index contributed by atoms with van der Waals surface area (Å²) in [7, 11) is -5.11. The van der Waals surface area contributed by atoms with Crippen molar-refractivity contribution in [3.05, 3.63) is 46.4 Å². The molecular formula is C14H8N5Na2O5PS. The van der Waals surface area contributed by atoms with E-state index in [1.165, 1.54) is 11.4 Å². The van der Waals surface area contributed by atoms with E-state index in [0.29, 0.717) is 9.72 Å². The van der Waals surface area contributed by atoms with Gasteiger partial charge in [0.2, 0.25) is 5.78 Å². The van der Waals surface area contributed by atoms with Gasteiger partial charge in [0.05, 0.1) is 11.1 Å². The average Bonchev–Trinajstić information content (AvgIpc) is 3.31. The van der Waals surface area contributed by atoms with Gasteiger partial charge in [0, 0.05) is 24.7 Å². The molecule has 0 atom stereocenters. The number of rotatable bonds is 4. The molecule has 28 heavy (non-hydrogen) atoms. The number of fused-ring (bicyclic) bond motifs is 1. The Morgan fingerprint density at radius 1 is 1.21 bits per heavy atom. The number of ketones is 1. The SMILES string of the molecule is Nc1nnc(-c2csc(C(=O)c3cn(P(=O)([O-])[O-])c4ccccc34)n2)o1.[Na+].[Na+]. The largest absolute Gasteiger partial charge is 1.00 e. The fraction of sp³-hybridized carbons (Fsp3) is 0. The van der Waals surface area contributed by atoms with E-state index < -0.39 is 13.5 Å². The first-order chi connectivity index (χ1) is 12.3. The molecule has 3 heterocycles. The van der Waals surface area contributed by atoms with E-state index in [9.17, 15) is 19.1 Å². The van der Waals surface area contributed by atoms with Gasteiger partial charge in [-0.25, -0.2) is 4.98 Å². The number of nitrogens with two attached hydrogens (primary N) is 1. The van der Waals surface area contributed by atoms with Crippen LogP contribution in [0.1, 0.15) is 15.4 Å². The fourth-order valence-electron chi connectivity index (χ4n) is 2.48. The molecule has 0 fully saturated rings. The monoisotopic (exact) mass is 435 g/mol. The van der Waals surface area contributed by atoms with Gasteiger partial charge in [-0.3, -0.25) is 4.79 Å². The normalized spacial score (nSPS) is 11.1. The van der Waals surface area contributed by atoms with Gasteiger partial charge < -0.3 is 28.8 Å². The zero-order valence-electron chi connectivity index (χ0n) is 14.7. The predicted molar refractivity (Wildman–Crippen MR) is 88.2 cm³/mol. The Bertz CT molecular complexity index is 1200. The van der Waals surface area contributed by atoms with Crippen molar-refractivity contribution < 1.29 is 82.7 Å². The standard InChI is InChI=1S/C14H10N5O5PS.2Na/c15-14-18-17-12(24-14)9-6-26-13(16-9)11(20)8-5-19(25(21,22)23)10-4-2-1-3-7(8)10;;/h1-6H,(H2,15,18)(H2,21,22,23);;/q;2*+1/p-2. The Balaban J connectivity index is 0.00000140. The summed E-state index contributed by atoms with van der Waals surface area (Å²) >= 11 is 1.02. The van der Waals surface area contributed by atoms with Crippen LogP contribution in [0.5, 0.6) is 0 Å². The third kappa shape index (κ3) is 4.34. The first-order valence-corrected chi connectivity index (χ1v) is 9.44. The summed E-state index contributed by atoms with van der Waals surface area (Å²) in [4.78, 5) is 39.9. The Kier molecular flexibility index (Phi) is 7.43. The molecule has 14 heteroatoms. The van der Waals surface area contributed by atoms with Crippen LogP contribution in [0, 0.1) is 0 Å². The molecule has 3 aromatic heterocycles. The summed E-state index contributed by atoms with van der Waals surface area (Å²) in [5.41, 5.74) is 5.81. The first-order valence-electron chi connectivity index (χ1n) is 7.07. The predicted octanol–water partition coefficient (Wildman–Crippen LogP) is -5.35. The topological polar surface area (TPSA) is 163 Å². The van der Waals surface area contributed by atoms with E-state index in [1.54, 1.807) is 18.2 Å². The summed E-state index contributed by atoms with van der Waals surface area (Å²) in [6.45, 7) is 0. The van der Waals surface area contributed by atoms with Gasteiger partial charge in [0.25, 0.3) is 5.89 Å². The third-order valence-electron chi connectivity index (χ3n) is 3.56. The number of anilines is 1. The Morgan fingerprint density at radius 3 is 2.57 bits per heavy atom. The van der Waals surface area contributed by atoms with Crippen molar-refractivity contribution in [2.75, 3.05) is 5.73 Å². The molecule has 1 aromatic carbocycles. The van der Waals surface area contributed by atoms with Crippen LogP contribution >= 0.6 is 19.1 Å². The number of carbonyl (C=O) groups is 1. The molecule has 0 amide bonds. The molecule has 0 radical (unpaired) electrons. The summed E-state index contributed by atoms with van der Waals surface area (Å²) in [6, 6.07) is 6.08. The van der Waals surface area contributed by atoms with Crippen molar-refractivity contribution in [2.24, 2.45) is 0 Å². The van der Waals surface area contributed by atoms with Crippen molar-refractivity contribution in [1.29, 1.82) is 0 Å². The van der Waals surface area contributed by atoms with Gasteiger partial charge in [0.1, 0.15) is 5.69 Å². The third-order valence-corrected chi connectivity index (χ3v) is 5.26. The van der Waals surface area contributed by atoms with E-state index in [1.807, 2.05) is 0 Å². The van der Waals surface area contributed by atoms with E-state index in [0.717, 1.165) is 17.5 Å². The van der Waals surface area contributed by atoms with E-state index in [4.69, 9.17) is 10.2 Å². The number of hydrogen-bond donors (Lipinski definition) is 1. The summed E-state index contributed by atoms with van der Waals surface area (Å²) < 4.78 is 17.1. The zero-order chi connectivity index (χ0) is 18.5. The molecule has 0 unspecified atom stereocenters. The van der Waals surface area contributed by atoms with E-state index >= 15 is 0 Å². The van der Waals surface area contributed by atoms with Crippen molar-refractivity contribution in [2.45, 2.75) is 0 Å². The molecule has 10 nitrogen and oxygen atoms in total. The van der Waals surface area contributed by atoms with Crippen molar-refractivity contribution in [3.8, 4) is 11.6 Å². The number of hydrogen-bond acceptors (Lipinski definition) is 10. The molecule has 0 saturated carbocycles. The molecule has 4 rings (SSSR count). The number of thiazole rings is 1. The van der Waals surface area contributed by atoms with Gasteiger partial charge in [0.15, 0.2) is 5.01 Å². The Hall–Kier alpha value is -0.850. The summed E-state index contributed by atoms with van der Waals surface area (Å²) in [6.07, 6.45) is 1.01. The molecule has 0 aliphatic heterocycles. The van der Waals surface area contributed by atoms with Crippen molar-refractivity contribution in [1.82, 2.24) is 19.5 Å². The van der Waals surface area contributed by atoms with Crippen molar-refractivity contribution in [3.63, 3.8) is 0 Å². The van der Waals surface area contributed by atoms with Crippen LogP contribution in [0.3, 0.4) is 0 Å². The first kappa shape index (κ1) is 23.4. The second-order valence-electron chi connectivity index (χ2n) is 5.19. The van der Waals surface area contributed by atoms with Gasteiger partial charge in [-0.1, -0.05) is 23.3 Å². The van der Waals surface area contributed by atoms with Gasteiger partial charge >= 0.3 is 65.1 Å². The molecule has 0 aliphatic rings. The van der Waals surface area contributed by atoms with Gasteiger partial charge in [-0.15, -0.1) is 16.4 Å². The second kappa shape index (κ2) is 8.88. The number of benzene rings is 1. The maximum absolute atomic E-state index is 12.8. The van der Waals surface area contributed by atoms with Crippen LogP contribution in [-0.4, -0.2) is 25.3 Å². The molecule has 132 valence electrons. The quantitative estimate of drug-likeness (QED) is 0.187. The minimum atomic E-state index is -5.11. The average molecular weight is 435 g/mol. The molecule has 2 N–H and O–H groups in total. The Labute approximate surface area is 206 Å². The van der Waals surface area contributed by atoms with Crippen LogP contribution in [0.25, 0.3) is 22.5 Å².